The Morgan fingerprint density at radius 3 is 2.76 bits per heavy atom. The summed E-state index contributed by atoms with van der Waals surface area (Å²) in [6.07, 6.45) is 7.43. The summed E-state index contributed by atoms with van der Waals surface area (Å²) in [6, 6.07) is 0.0983. The molecule has 1 heterocycles. The minimum atomic E-state index is -0.469. The van der Waals surface area contributed by atoms with E-state index in [9.17, 15) is 10.1 Å². The predicted octanol–water partition coefficient (Wildman–Crippen LogP) is 3.31. The zero-order chi connectivity index (χ0) is 15.2. The quantitative estimate of drug-likeness (QED) is 0.639. The highest BCUT2D eigenvalue weighted by Gasteiger charge is 2.27. The lowest BCUT2D eigenvalue weighted by molar-refractivity contribution is -0.385. The lowest BCUT2D eigenvalue weighted by Crippen LogP contribution is -2.22. The Balaban J connectivity index is 2.22. The van der Waals surface area contributed by atoms with E-state index >= 15 is 0 Å². The van der Waals surface area contributed by atoms with E-state index < -0.39 is 4.92 Å². The van der Waals surface area contributed by atoms with Gasteiger partial charge in [-0.2, -0.15) is 4.98 Å². The van der Waals surface area contributed by atoms with E-state index in [0.717, 1.165) is 32.1 Å². The highest BCUT2D eigenvalue weighted by Crippen LogP contribution is 2.33. The molecule has 1 aromatic rings. The molecule has 7 heteroatoms. The van der Waals surface area contributed by atoms with Gasteiger partial charge in [-0.15, -0.1) is 0 Å². The van der Waals surface area contributed by atoms with E-state index in [4.69, 9.17) is 4.74 Å². The second-order valence-corrected chi connectivity index (χ2v) is 5.46. The average Bonchev–Trinajstić information content (AvgIpc) is 2.48. The summed E-state index contributed by atoms with van der Waals surface area (Å²) in [6.45, 7) is 3.96. The largest absolute Gasteiger partial charge is 0.469 e. The van der Waals surface area contributed by atoms with Crippen LogP contribution in [-0.2, 0) is 0 Å². The summed E-state index contributed by atoms with van der Waals surface area (Å²) in [5.41, 5.74) is -0.164. The monoisotopic (exact) mass is 294 g/mol. The van der Waals surface area contributed by atoms with Crippen LogP contribution in [-0.4, -0.2) is 27.0 Å². The molecule has 0 aromatic carbocycles. The number of hydrogen-bond acceptors (Lipinski definition) is 6. The molecule has 0 bridgehead atoms. The van der Waals surface area contributed by atoms with Crippen LogP contribution in [0.15, 0.2) is 6.33 Å². The number of rotatable bonds is 6. The van der Waals surface area contributed by atoms with Gasteiger partial charge in [0, 0.05) is 6.04 Å². The van der Waals surface area contributed by atoms with Gasteiger partial charge in [-0.25, -0.2) is 4.98 Å². The van der Waals surface area contributed by atoms with Crippen molar-refractivity contribution in [2.45, 2.75) is 64.5 Å². The molecule has 2 rings (SSSR count). The molecule has 1 aliphatic carbocycles. The lowest BCUT2D eigenvalue weighted by atomic mass is 9.98. The smallest absolute Gasteiger partial charge is 0.372 e. The van der Waals surface area contributed by atoms with Crippen molar-refractivity contribution < 1.29 is 9.66 Å². The summed E-state index contributed by atoms with van der Waals surface area (Å²) in [4.78, 5) is 18.9. The van der Waals surface area contributed by atoms with Gasteiger partial charge in [0.2, 0.25) is 5.82 Å². The maximum absolute atomic E-state index is 11.4. The molecule has 1 saturated carbocycles. The van der Waals surface area contributed by atoms with Gasteiger partial charge in [-0.1, -0.05) is 13.3 Å². The van der Waals surface area contributed by atoms with E-state index in [1.165, 1.54) is 12.7 Å². The van der Waals surface area contributed by atoms with Crippen molar-refractivity contribution in [1.29, 1.82) is 0 Å². The number of aromatic nitrogens is 2. The van der Waals surface area contributed by atoms with E-state index in [0.29, 0.717) is 0 Å². The molecule has 0 aliphatic heterocycles. The Kier molecular flexibility index (Phi) is 5.30. The van der Waals surface area contributed by atoms with Gasteiger partial charge in [0.25, 0.3) is 5.88 Å². The van der Waals surface area contributed by atoms with Gasteiger partial charge in [-0.3, -0.25) is 10.1 Å². The third-order valence-corrected chi connectivity index (χ3v) is 3.80. The van der Waals surface area contributed by atoms with Crippen LogP contribution in [0, 0.1) is 10.1 Å². The van der Waals surface area contributed by atoms with Crippen molar-refractivity contribution in [3.05, 3.63) is 16.4 Å². The summed E-state index contributed by atoms with van der Waals surface area (Å²) >= 11 is 0. The molecule has 0 amide bonds. The molecule has 0 spiro atoms. The first-order valence-electron chi connectivity index (χ1n) is 7.54. The molecule has 1 N–H and O–H groups in total. The number of ether oxygens (including phenoxy) is 1. The summed E-state index contributed by atoms with van der Waals surface area (Å²) in [7, 11) is 0. The summed E-state index contributed by atoms with van der Waals surface area (Å²) in [5, 5.41) is 14.4. The molecule has 0 saturated heterocycles. The molecule has 1 fully saturated rings. The first-order valence-corrected chi connectivity index (χ1v) is 7.54. The van der Waals surface area contributed by atoms with Crippen LogP contribution in [0.3, 0.4) is 0 Å². The molecular formula is C14H22N4O3. The Morgan fingerprint density at radius 2 is 2.14 bits per heavy atom. The third-order valence-electron chi connectivity index (χ3n) is 3.80. The maximum atomic E-state index is 11.4. The molecule has 1 aliphatic rings. The van der Waals surface area contributed by atoms with Crippen LogP contribution in [0.1, 0.15) is 52.4 Å². The maximum Gasteiger partial charge on any atom is 0.372 e. The number of anilines is 1. The standard InChI is InChI=1S/C14H22N4O3/c1-3-10(2)17-13-12(18(19)20)14(16-9-15-13)21-11-7-5-4-6-8-11/h9-11H,3-8H2,1-2H3,(H,15,16,17). The van der Waals surface area contributed by atoms with Crippen LogP contribution < -0.4 is 10.1 Å². The first kappa shape index (κ1) is 15.5. The van der Waals surface area contributed by atoms with Gasteiger partial charge >= 0.3 is 5.69 Å². The predicted molar refractivity (Wildman–Crippen MR) is 79.6 cm³/mol. The topological polar surface area (TPSA) is 90.2 Å². The highest BCUT2D eigenvalue weighted by molar-refractivity contribution is 5.61. The number of nitrogens with zero attached hydrogens (tertiary/aromatic N) is 3. The molecule has 1 aromatic heterocycles. The van der Waals surface area contributed by atoms with Gasteiger partial charge in [0.1, 0.15) is 12.4 Å². The van der Waals surface area contributed by atoms with Crippen LogP contribution >= 0.6 is 0 Å². The fourth-order valence-corrected chi connectivity index (χ4v) is 2.40. The first-order chi connectivity index (χ1) is 10.1. The fraction of sp³-hybridized carbons (Fsp3) is 0.714. The second-order valence-electron chi connectivity index (χ2n) is 5.46. The van der Waals surface area contributed by atoms with Crippen LogP contribution in [0.4, 0.5) is 11.5 Å². The normalized spacial score (nSPS) is 17.2. The molecule has 116 valence electrons. The summed E-state index contributed by atoms with van der Waals surface area (Å²) in [5.74, 6) is 0.308. The molecular weight excluding hydrogens is 272 g/mol. The summed E-state index contributed by atoms with van der Waals surface area (Å²) < 4.78 is 5.77. The van der Waals surface area contributed by atoms with Crippen molar-refractivity contribution in [3.63, 3.8) is 0 Å². The zero-order valence-electron chi connectivity index (χ0n) is 12.5. The van der Waals surface area contributed by atoms with Crippen LogP contribution in [0.5, 0.6) is 5.88 Å². The highest BCUT2D eigenvalue weighted by atomic mass is 16.6. The van der Waals surface area contributed by atoms with Crippen molar-refractivity contribution in [2.75, 3.05) is 5.32 Å². The van der Waals surface area contributed by atoms with Crippen LogP contribution in [0.2, 0.25) is 0 Å². The minimum absolute atomic E-state index is 0.0174. The van der Waals surface area contributed by atoms with Gasteiger partial charge in [0.05, 0.1) is 4.92 Å². The van der Waals surface area contributed by atoms with Crippen LogP contribution in [0.25, 0.3) is 0 Å². The van der Waals surface area contributed by atoms with E-state index in [2.05, 4.69) is 15.3 Å². The number of nitrogens with one attached hydrogen (secondary N) is 1. The van der Waals surface area contributed by atoms with Gasteiger partial charge < -0.3 is 10.1 Å². The number of nitro groups is 1. The third kappa shape index (κ3) is 4.03. The Labute approximate surface area is 124 Å². The van der Waals surface area contributed by atoms with Crippen molar-refractivity contribution in [2.24, 2.45) is 0 Å². The van der Waals surface area contributed by atoms with E-state index in [1.807, 2.05) is 13.8 Å². The molecule has 1 unspecified atom stereocenters. The Morgan fingerprint density at radius 1 is 1.43 bits per heavy atom. The minimum Gasteiger partial charge on any atom is -0.469 e. The Hall–Kier alpha value is -1.92. The molecule has 1 atom stereocenters. The van der Waals surface area contributed by atoms with Crippen molar-refractivity contribution in [1.82, 2.24) is 9.97 Å². The van der Waals surface area contributed by atoms with Gasteiger partial charge in [0.15, 0.2) is 0 Å². The number of hydrogen-bond donors (Lipinski definition) is 1. The Bertz CT molecular complexity index is 489. The lowest BCUT2D eigenvalue weighted by Gasteiger charge is -2.22. The molecule has 0 radical (unpaired) electrons. The van der Waals surface area contributed by atoms with Crippen molar-refractivity contribution >= 4 is 11.5 Å². The molecule has 7 nitrogen and oxygen atoms in total. The van der Waals surface area contributed by atoms with E-state index in [-0.39, 0.29) is 29.5 Å². The second kappa shape index (κ2) is 7.19. The van der Waals surface area contributed by atoms with Crippen molar-refractivity contribution in [3.8, 4) is 5.88 Å². The van der Waals surface area contributed by atoms with E-state index in [1.54, 1.807) is 0 Å². The fourth-order valence-electron chi connectivity index (χ4n) is 2.40. The average molecular weight is 294 g/mol. The van der Waals surface area contributed by atoms with Gasteiger partial charge in [-0.05, 0) is 39.0 Å². The zero-order valence-corrected chi connectivity index (χ0v) is 12.5. The SMILES string of the molecule is CCC(C)Nc1ncnc(OC2CCCCC2)c1[N+](=O)[O-]. The molecule has 21 heavy (non-hydrogen) atoms.